The molecule has 0 amide bonds. The first-order valence-corrected chi connectivity index (χ1v) is 2.36. The Kier molecular flexibility index (Phi) is 0.759. The minimum atomic E-state index is 0.134. The number of nitrogens with zero attached hydrogens (tertiary/aromatic N) is 1. The Morgan fingerprint density at radius 3 is 2.83 bits per heavy atom. The van der Waals surface area contributed by atoms with E-state index in [2.05, 4.69) is 4.98 Å². The van der Waals surface area contributed by atoms with Gasteiger partial charge in [-0.1, -0.05) is 11.3 Å². The zero-order chi connectivity index (χ0) is 4.41. The Hall–Kier alpha value is -0.570. The quantitative estimate of drug-likeness (QED) is 0.525. The second kappa shape index (κ2) is 1.26. The topological polar surface area (TPSA) is 33.1 Å². The average Bonchev–Trinajstić information content (AvgIpc) is 1.86. The first-order valence-electron chi connectivity index (χ1n) is 1.48. The highest BCUT2D eigenvalue weighted by atomic mass is 32.1. The van der Waals surface area contributed by atoms with Gasteiger partial charge in [0, 0.05) is 11.6 Å². The molecule has 1 N–H and O–H groups in total. The molecule has 1 heterocycles. The third-order valence-corrected chi connectivity index (χ3v) is 0.993. The molecule has 1 aromatic heterocycles. The van der Waals surface area contributed by atoms with Gasteiger partial charge < -0.3 is 5.11 Å². The van der Waals surface area contributed by atoms with Gasteiger partial charge in [0.1, 0.15) is 0 Å². The van der Waals surface area contributed by atoms with Crippen LogP contribution >= 0.6 is 11.3 Å². The summed E-state index contributed by atoms with van der Waals surface area (Å²) in [5.74, 6) is 0. The van der Waals surface area contributed by atoms with E-state index in [4.69, 9.17) is 5.11 Å². The summed E-state index contributed by atoms with van der Waals surface area (Å²) < 4.78 is 0. The molecule has 0 unspecified atom stereocenters. The SMILES string of the molecule is Oc1nccs1. The Balaban J connectivity index is 3.05. The second-order valence-electron chi connectivity index (χ2n) is 0.815. The predicted octanol–water partition coefficient (Wildman–Crippen LogP) is 0.849. The zero-order valence-corrected chi connectivity index (χ0v) is 3.77. The number of rotatable bonds is 0. The van der Waals surface area contributed by atoms with Crippen LogP contribution < -0.4 is 0 Å². The van der Waals surface area contributed by atoms with Crippen molar-refractivity contribution in [3.05, 3.63) is 11.6 Å². The summed E-state index contributed by atoms with van der Waals surface area (Å²) in [6.07, 6.45) is 1.56. The number of thiazole rings is 1. The van der Waals surface area contributed by atoms with E-state index in [1.807, 2.05) is 0 Å². The molecule has 6 heavy (non-hydrogen) atoms. The van der Waals surface area contributed by atoms with Crippen LogP contribution in [-0.4, -0.2) is 10.1 Å². The van der Waals surface area contributed by atoms with E-state index in [9.17, 15) is 0 Å². The van der Waals surface area contributed by atoms with Gasteiger partial charge in [0.25, 0.3) is 5.19 Å². The summed E-state index contributed by atoms with van der Waals surface area (Å²) in [5, 5.41) is 10.2. The van der Waals surface area contributed by atoms with Crippen LogP contribution in [0.2, 0.25) is 0 Å². The summed E-state index contributed by atoms with van der Waals surface area (Å²) in [6.45, 7) is 0. The van der Waals surface area contributed by atoms with Crippen molar-refractivity contribution in [3.8, 4) is 5.19 Å². The molecule has 0 bridgehead atoms. The summed E-state index contributed by atoms with van der Waals surface area (Å²) in [6, 6.07) is 0. The number of aromatic nitrogens is 1. The van der Waals surface area contributed by atoms with E-state index in [1.54, 1.807) is 11.6 Å². The highest BCUT2D eigenvalue weighted by Crippen LogP contribution is 2.08. The molecule has 0 aliphatic carbocycles. The van der Waals surface area contributed by atoms with Crippen molar-refractivity contribution >= 4 is 11.3 Å². The smallest absolute Gasteiger partial charge is 0.270 e. The molecule has 1 aromatic rings. The van der Waals surface area contributed by atoms with E-state index < -0.39 is 0 Å². The summed E-state index contributed by atoms with van der Waals surface area (Å²) in [5.41, 5.74) is 0. The standard InChI is InChI=1S/C3H3NOS/c5-3-4-1-2-6-3/h1-2H,(H,4,5). The van der Waals surface area contributed by atoms with Gasteiger partial charge in [0.15, 0.2) is 0 Å². The molecule has 0 aliphatic heterocycles. The highest BCUT2D eigenvalue weighted by molar-refractivity contribution is 7.11. The Bertz CT molecular complexity index is 114. The van der Waals surface area contributed by atoms with Crippen LogP contribution in [0, 0.1) is 0 Å². The van der Waals surface area contributed by atoms with Crippen molar-refractivity contribution in [2.75, 3.05) is 0 Å². The van der Waals surface area contributed by atoms with Crippen LogP contribution in [0.4, 0.5) is 0 Å². The van der Waals surface area contributed by atoms with Gasteiger partial charge in [0.2, 0.25) is 0 Å². The average molecular weight is 101 g/mol. The fraction of sp³-hybridized carbons (Fsp3) is 0. The molecule has 0 saturated heterocycles. The summed E-state index contributed by atoms with van der Waals surface area (Å²) >= 11 is 1.22. The number of hydrogen-bond donors (Lipinski definition) is 1. The van der Waals surface area contributed by atoms with Gasteiger partial charge in [-0.25, -0.2) is 4.98 Å². The van der Waals surface area contributed by atoms with E-state index in [0.29, 0.717) is 0 Å². The summed E-state index contributed by atoms with van der Waals surface area (Å²) in [4.78, 5) is 3.49. The Morgan fingerprint density at radius 1 is 1.83 bits per heavy atom. The lowest BCUT2D eigenvalue weighted by Gasteiger charge is -1.66. The lowest BCUT2D eigenvalue weighted by atomic mass is 11.0. The molecular formula is C3H3NOS. The third kappa shape index (κ3) is 0.490. The van der Waals surface area contributed by atoms with Crippen LogP contribution in [0.25, 0.3) is 0 Å². The second-order valence-corrected chi connectivity index (χ2v) is 1.69. The molecule has 1 rings (SSSR count). The third-order valence-electron chi connectivity index (χ3n) is 0.419. The van der Waals surface area contributed by atoms with Crippen molar-refractivity contribution in [1.29, 1.82) is 0 Å². The van der Waals surface area contributed by atoms with Crippen molar-refractivity contribution in [2.45, 2.75) is 0 Å². The minimum absolute atomic E-state index is 0.134. The highest BCUT2D eigenvalue weighted by Gasteiger charge is 1.79. The van der Waals surface area contributed by atoms with Gasteiger partial charge in [-0.2, -0.15) is 0 Å². The largest absolute Gasteiger partial charge is 0.486 e. The lowest BCUT2D eigenvalue weighted by molar-refractivity contribution is 0.471. The van der Waals surface area contributed by atoms with Gasteiger partial charge >= 0.3 is 0 Å². The van der Waals surface area contributed by atoms with Crippen molar-refractivity contribution < 1.29 is 5.11 Å². The van der Waals surface area contributed by atoms with Crippen LogP contribution in [0.1, 0.15) is 0 Å². The van der Waals surface area contributed by atoms with E-state index in [0.717, 1.165) is 0 Å². The zero-order valence-electron chi connectivity index (χ0n) is 2.96. The van der Waals surface area contributed by atoms with Gasteiger partial charge in [-0.15, -0.1) is 0 Å². The van der Waals surface area contributed by atoms with Crippen LogP contribution in [-0.2, 0) is 0 Å². The van der Waals surface area contributed by atoms with Crippen LogP contribution in [0.3, 0.4) is 0 Å². The van der Waals surface area contributed by atoms with Crippen molar-refractivity contribution in [1.82, 2.24) is 4.98 Å². The normalized spacial score (nSPS) is 8.67. The molecule has 3 heteroatoms. The van der Waals surface area contributed by atoms with Gasteiger partial charge in [-0.3, -0.25) is 0 Å². The number of aromatic hydroxyl groups is 1. The number of hydrogen-bond acceptors (Lipinski definition) is 3. The predicted molar refractivity (Wildman–Crippen MR) is 23.8 cm³/mol. The molecular weight excluding hydrogens is 98.1 g/mol. The summed E-state index contributed by atoms with van der Waals surface area (Å²) in [7, 11) is 0. The van der Waals surface area contributed by atoms with E-state index in [1.165, 1.54) is 11.3 Å². The monoisotopic (exact) mass is 101 g/mol. The molecule has 0 spiro atoms. The Labute approximate surface area is 39.1 Å². The van der Waals surface area contributed by atoms with Crippen molar-refractivity contribution in [3.63, 3.8) is 0 Å². The van der Waals surface area contributed by atoms with E-state index >= 15 is 0 Å². The fourth-order valence-electron chi connectivity index (χ4n) is 0.216. The molecule has 32 valence electrons. The molecule has 2 nitrogen and oxygen atoms in total. The maximum atomic E-state index is 8.38. The molecule has 0 fully saturated rings. The van der Waals surface area contributed by atoms with E-state index in [-0.39, 0.29) is 5.19 Å². The van der Waals surface area contributed by atoms with Gasteiger partial charge in [-0.05, 0) is 0 Å². The van der Waals surface area contributed by atoms with Crippen molar-refractivity contribution in [2.24, 2.45) is 0 Å². The van der Waals surface area contributed by atoms with Crippen LogP contribution in [0.5, 0.6) is 5.19 Å². The minimum Gasteiger partial charge on any atom is -0.486 e. The molecule has 0 saturated carbocycles. The van der Waals surface area contributed by atoms with Gasteiger partial charge in [0.05, 0.1) is 0 Å². The first-order chi connectivity index (χ1) is 2.89. The van der Waals surface area contributed by atoms with Crippen LogP contribution in [0.15, 0.2) is 11.6 Å². The fourth-order valence-corrected chi connectivity index (χ4v) is 0.581. The maximum Gasteiger partial charge on any atom is 0.270 e. The molecule has 0 aromatic carbocycles. The Morgan fingerprint density at radius 2 is 2.67 bits per heavy atom. The molecule has 0 atom stereocenters. The maximum absolute atomic E-state index is 8.38. The lowest BCUT2D eigenvalue weighted by Crippen LogP contribution is -1.49. The molecule has 0 radical (unpaired) electrons. The first kappa shape index (κ1) is 3.61. The molecule has 0 aliphatic rings.